The molecule has 1 amide bonds. The molecule has 1 aromatic carbocycles. The molecule has 0 aliphatic rings. The number of nitrogens with zero attached hydrogens (tertiary/aromatic N) is 1. The molecule has 0 saturated heterocycles. The quantitative estimate of drug-likeness (QED) is 0.814. The van der Waals surface area contributed by atoms with Gasteiger partial charge in [-0.25, -0.2) is 0 Å². The second-order valence-corrected chi connectivity index (χ2v) is 4.75. The minimum absolute atomic E-state index is 0.103. The second-order valence-electron chi connectivity index (χ2n) is 3.89. The molecule has 0 saturated carbocycles. The van der Waals surface area contributed by atoms with Crippen molar-refractivity contribution in [3.8, 4) is 0 Å². The van der Waals surface area contributed by atoms with E-state index in [1.54, 1.807) is 18.2 Å². The zero-order valence-electron chi connectivity index (χ0n) is 10.2. The van der Waals surface area contributed by atoms with Crippen LogP contribution in [0.1, 0.15) is 17.3 Å². The van der Waals surface area contributed by atoms with Crippen molar-refractivity contribution in [2.75, 3.05) is 32.4 Å². The van der Waals surface area contributed by atoms with Crippen molar-refractivity contribution in [1.82, 2.24) is 10.2 Å². The Bertz CT molecular complexity index is 395. The normalized spacial score (nSPS) is 10.6. The number of nitrogens with two attached hydrogens (primary N) is 1. The number of carbonyl (C=O) groups excluding carboxylic acids is 1. The Morgan fingerprint density at radius 1 is 1.53 bits per heavy atom. The molecule has 0 aliphatic carbocycles. The number of rotatable bonds is 5. The van der Waals surface area contributed by atoms with E-state index in [9.17, 15) is 4.79 Å². The lowest BCUT2D eigenvalue weighted by atomic mass is 10.2. The number of benzene rings is 1. The summed E-state index contributed by atoms with van der Waals surface area (Å²) < 4.78 is 0.757. The summed E-state index contributed by atoms with van der Waals surface area (Å²) in [7, 11) is 2.02. The maximum absolute atomic E-state index is 11.9. The van der Waals surface area contributed by atoms with Crippen LogP contribution in [0.2, 0.25) is 0 Å². The van der Waals surface area contributed by atoms with Crippen LogP contribution < -0.4 is 11.1 Å². The monoisotopic (exact) mass is 299 g/mol. The average molecular weight is 300 g/mol. The third-order valence-electron chi connectivity index (χ3n) is 2.55. The molecular formula is C12H18BrN3O. The summed E-state index contributed by atoms with van der Waals surface area (Å²) in [6.07, 6.45) is 0. The summed E-state index contributed by atoms with van der Waals surface area (Å²) in [5.74, 6) is -0.103. The highest BCUT2D eigenvalue weighted by Gasteiger charge is 2.09. The van der Waals surface area contributed by atoms with Gasteiger partial charge in [-0.05, 0) is 47.7 Å². The van der Waals surface area contributed by atoms with Gasteiger partial charge in [0.15, 0.2) is 0 Å². The average Bonchev–Trinajstić information content (AvgIpc) is 2.31. The van der Waals surface area contributed by atoms with E-state index >= 15 is 0 Å². The molecule has 0 aliphatic heterocycles. The van der Waals surface area contributed by atoms with E-state index in [0.717, 1.165) is 17.6 Å². The van der Waals surface area contributed by atoms with Gasteiger partial charge in [0, 0.05) is 23.2 Å². The zero-order chi connectivity index (χ0) is 12.8. The fourth-order valence-corrected chi connectivity index (χ4v) is 1.76. The molecular weight excluding hydrogens is 282 g/mol. The topological polar surface area (TPSA) is 58.4 Å². The molecule has 3 N–H and O–H groups in total. The van der Waals surface area contributed by atoms with Crippen LogP contribution in [-0.2, 0) is 0 Å². The van der Waals surface area contributed by atoms with Gasteiger partial charge in [0.05, 0.1) is 5.56 Å². The smallest absolute Gasteiger partial charge is 0.252 e. The van der Waals surface area contributed by atoms with Crippen molar-refractivity contribution < 1.29 is 4.79 Å². The third-order valence-corrected chi connectivity index (χ3v) is 3.25. The molecule has 0 unspecified atom stereocenters. The number of halogens is 1. The highest BCUT2D eigenvalue weighted by atomic mass is 79.9. The zero-order valence-corrected chi connectivity index (χ0v) is 11.8. The van der Waals surface area contributed by atoms with Crippen molar-refractivity contribution in [3.05, 3.63) is 28.2 Å². The minimum Gasteiger partial charge on any atom is -0.399 e. The van der Waals surface area contributed by atoms with Gasteiger partial charge in [0.1, 0.15) is 0 Å². The molecule has 1 rings (SSSR count). The largest absolute Gasteiger partial charge is 0.399 e. The summed E-state index contributed by atoms with van der Waals surface area (Å²) in [6.45, 7) is 4.51. The number of hydrogen-bond acceptors (Lipinski definition) is 3. The molecule has 5 heteroatoms. The summed E-state index contributed by atoms with van der Waals surface area (Å²) in [6, 6.07) is 5.21. The van der Waals surface area contributed by atoms with Crippen LogP contribution in [0.4, 0.5) is 5.69 Å². The Morgan fingerprint density at radius 3 is 2.88 bits per heavy atom. The maximum atomic E-state index is 11.9. The van der Waals surface area contributed by atoms with Crippen LogP contribution in [0.25, 0.3) is 0 Å². The lowest BCUT2D eigenvalue weighted by Crippen LogP contribution is -2.33. The molecule has 0 bridgehead atoms. The van der Waals surface area contributed by atoms with Crippen molar-refractivity contribution in [2.45, 2.75) is 6.92 Å². The van der Waals surface area contributed by atoms with Crippen LogP contribution in [0.15, 0.2) is 22.7 Å². The number of carbonyl (C=O) groups is 1. The minimum atomic E-state index is -0.103. The molecule has 0 aromatic heterocycles. The second kappa shape index (κ2) is 6.61. The first-order valence-corrected chi connectivity index (χ1v) is 6.35. The number of nitrogen functional groups attached to an aromatic ring is 1. The van der Waals surface area contributed by atoms with E-state index in [0.29, 0.717) is 17.8 Å². The van der Waals surface area contributed by atoms with E-state index in [1.165, 1.54) is 0 Å². The molecule has 1 aromatic rings. The van der Waals surface area contributed by atoms with Gasteiger partial charge in [-0.1, -0.05) is 6.92 Å². The predicted molar refractivity (Wildman–Crippen MR) is 74.1 cm³/mol. The Hall–Kier alpha value is -1.07. The Balaban J connectivity index is 2.55. The third kappa shape index (κ3) is 4.36. The molecule has 4 nitrogen and oxygen atoms in total. The highest BCUT2D eigenvalue weighted by Crippen LogP contribution is 2.19. The lowest BCUT2D eigenvalue weighted by molar-refractivity contribution is 0.0949. The predicted octanol–water partition coefficient (Wildman–Crippen LogP) is 1.71. The first kappa shape index (κ1) is 14.0. The first-order valence-electron chi connectivity index (χ1n) is 5.56. The Kier molecular flexibility index (Phi) is 5.44. The lowest BCUT2D eigenvalue weighted by Gasteiger charge is -2.14. The van der Waals surface area contributed by atoms with E-state index in [1.807, 2.05) is 7.05 Å². The molecule has 94 valence electrons. The number of likely N-dealkylation sites (N-methyl/N-ethyl adjacent to an activating group) is 1. The molecule has 0 spiro atoms. The molecule has 0 fully saturated rings. The van der Waals surface area contributed by atoms with Gasteiger partial charge in [0.2, 0.25) is 0 Å². The Labute approximate surface area is 110 Å². The summed E-state index contributed by atoms with van der Waals surface area (Å²) in [4.78, 5) is 14.0. The fraction of sp³-hybridized carbons (Fsp3) is 0.417. The molecule has 0 heterocycles. The van der Waals surface area contributed by atoms with Crippen LogP contribution in [-0.4, -0.2) is 37.5 Å². The van der Waals surface area contributed by atoms with Crippen molar-refractivity contribution in [3.63, 3.8) is 0 Å². The van der Waals surface area contributed by atoms with Crippen LogP contribution in [0.3, 0.4) is 0 Å². The number of nitrogens with one attached hydrogen (secondary N) is 1. The SMILES string of the molecule is CCN(C)CCNC(=O)c1cc(N)ccc1Br. The highest BCUT2D eigenvalue weighted by molar-refractivity contribution is 9.10. The van der Waals surface area contributed by atoms with Gasteiger partial charge < -0.3 is 16.0 Å². The van der Waals surface area contributed by atoms with Gasteiger partial charge in [-0.15, -0.1) is 0 Å². The van der Waals surface area contributed by atoms with Gasteiger partial charge in [0.25, 0.3) is 5.91 Å². The summed E-state index contributed by atoms with van der Waals surface area (Å²) in [5.41, 5.74) is 6.81. The van der Waals surface area contributed by atoms with E-state index in [-0.39, 0.29) is 5.91 Å². The van der Waals surface area contributed by atoms with E-state index in [2.05, 4.69) is 33.1 Å². The van der Waals surface area contributed by atoms with Gasteiger partial charge in [-0.2, -0.15) is 0 Å². The van der Waals surface area contributed by atoms with E-state index < -0.39 is 0 Å². The first-order chi connectivity index (χ1) is 8.04. The Morgan fingerprint density at radius 2 is 2.24 bits per heavy atom. The fourth-order valence-electron chi connectivity index (χ4n) is 1.33. The molecule has 0 radical (unpaired) electrons. The van der Waals surface area contributed by atoms with Gasteiger partial charge in [-0.3, -0.25) is 4.79 Å². The number of anilines is 1. The van der Waals surface area contributed by atoms with E-state index in [4.69, 9.17) is 5.73 Å². The summed E-state index contributed by atoms with van der Waals surface area (Å²) >= 11 is 3.34. The number of hydrogen-bond donors (Lipinski definition) is 2. The van der Waals surface area contributed by atoms with Gasteiger partial charge >= 0.3 is 0 Å². The maximum Gasteiger partial charge on any atom is 0.252 e. The van der Waals surface area contributed by atoms with Crippen molar-refractivity contribution in [2.24, 2.45) is 0 Å². The van der Waals surface area contributed by atoms with Crippen molar-refractivity contribution in [1.29, 1.82) is 0 Å². The molecule has 0 atom stereocenters. The molecule has 17 heavy (non-hydrogen) atoms. The standard InChI is InChI=1S/C12H18BrN3O/c1-3-16(2)7-6-15-12(17)10-8-9(14)4-5-11(10)13/h4-5,8H,3,6-7,14H2,1-2H3,(H,15,17). The van der Waals surface area contributed by atoms with Crippen molar-refractivity contribution >= 4 is 27.5 Å². The van der Waals surface area contributed by atoms with Crippen LogP contribution in [0, 0.1) is 0 Å². The summed E-state index contributed by atoms with van der Waals surface area (Å²) in [5, 5.41) is 2.87. The number of amides is 1. The van der Waals surface area contributed by atoms with Crippen LogP contribution in [0.5, 0.6) is 0 Å². The van der Waals surface area contributed by atoms with Crippen LogP contribution >= 0.6 is 15.9 Å².